The van der Waals surface area contributed by atoms with Crippen LogP contribution < -0.4 is 15.4 Å². The van der Waals surface area contributed by atoms with Gasteiger partial charge < -0.3 is 35.3 Å². The van der Waals surface area contributed by atoms with Crippen LogP contribution >= 0.6 is 0 Å². The number of amides is 2. The molecule has 3 aliphatic heterocycles. The standard InChI is InChI=1S/C31H37N5O6/c37-17-19-1-3-20(4-2-19)21-5-7-25-28(11-21)41-10-9-24-6-8-27(38)29(42-24)14-33-31(40)26-12-22(35-30(25)39)15-36(26)16-23-13-32-18-34-23/h1-5,7,11,13,18,22,24,26-27,29,37-38H,6,8-10,12,14-17H2,(H,32,34)(H,33,40)(H,35,39)/t22-,24-,26-,27-,29+/m0/s1. The second kappa shape index (κ2) is 12.6. The molecule has 11 nitrogen and oxygen atoms in total. The maximum Gasteiger partial charge on any atom is 0.255 e. The minimum Gasteiger partial charge on any atom is -0.493 e. The summed E-state index contributed by atoms with van der Waals surface area (Å²) < 4.78 is 12.4. The van der Waals surface area contributed by atoms with E-state index in [0.29, 0.717) is 56.7 Å². The number of aliphatic hydroxyl groups excluding tert-OH is 2. The van der Waals surface area contributed by atoms with Crippen molar-refractivity contribution in [3.63, 3.8) is 0 Å². The van der Waals surface area contributed by atoms with Gasteiger partial charge in [-0.15, -0.1) is 0 Å². The molecule has 2 fully saturated rings. The summed E-state index contributed by atoms with van der Waals surface area (Å²) in [6, 6.07) is 12.4. The van der Waals surface area contributed by atoms with Crippen LogP contribution in [0.5, 0.6) is 5.75 Å². The Hall–Kier alpha value is -3.77. The van der Waals surface area contributed by atoms with Gasteiger partial charge in [0.2, 0.25) is 5.91 Å². The monoisotopic (exact) mass is 575 g/mol. The lowest BCUT2D eigenvalue weighted by Crippen LogP contribution is -2.50. The number of fused-ring (bicyclic) bond motifs is 5. The first-order valence-corrected chi connectivity index (χ1v) is 14.6. The molecule has 42 heavy (non-hydrogen) atoms. The lowest BCUT2D eigenvalue weighted by molar-refractivity contribution is -0.133. The first kappa shape index (κ1) is 28.4. The third-order valence-electron chi connectivity index (χ3n) is 8.42. The number of benzene rings is 2. The number of carbonyl (C=O) groups excluding carboxylic acids is 2. The van der Waals surface area contributed by atoms with E-state index in [9.17, 15) is 19.8 Å². The summed E-state index contributed by atoms with van der Waals surface area (Å²) >= 11 is 0. The number of nitrogens with zero attached hydrogens (tertiary/aromatic N) is 2. The highest BCUT2D eigenvalue weighted by Crippen LogP contribution is 2.30. The molecule has 3 aromatic rings. The molecule has 0 aliphatic carbocycles. The number of aliphatic hydroxyl groups is 2. The molecule has 2 amide bonds. The molecule has 0 spiro atoms. The van der Waals surface area contributed by atoms with Gasteiger partial charge in [-0.25, -0.2) is 4.98 Å². The SMILES string of the molecule is O=C1N[C@H]2C[C@@H](C(=O)NC[C@H]3O[C@H](CCOc4cc(-c5ccc(CO)cc5)ccc41)CC[C@@H]3O)N(Cc1cnc[nH]1)C2. The Balaban J connectivity index is 1.29. The molecule has 2 aromatic carbocycles. The number of nitrogens with one attached hydrogen (secondary N) is 3. The van der Waals surface area contributed by atoms with Crippen LogP contribution in [0.15, 0.2) is 55.0 Å². The summed E-state index contributed by atoms with van der Waals surface area (Å²) in [6.07, 6.45) is 4.32. The molecule has 6 rings (SSSR count). The largest absolute Gasteiger partial charge is 0.493 e. The fraction of sp³-hybridized carbons (Fsp3) is 0.452. The summed E-state index contributed by atoms with van der Waals surface area (Å²) in [4.78, 5) is 36.2. The first-order chi connectivity index (χ1) is 20.5. The highest BCUT2D eigenvalue weighted by molar-refractivity contribution is 5.98. The van der Waals surface area contributed by atoms with Gasteiger partial charge in [0, 0.05) is 44.0 Å². The molecule has 222 valence electrons. The number of aromatic amines is 1. The van der Waals surface area contributed by atoms with Crippen molar-refractivity contribution in [1.82, 2.24) is 25.5 Å². The molecule has 2 saturated heterocycles. The van der Waals surface area contributed by atoms with Gasteiger partial charge in [0.05, 0.1) is 43.4 Å². The van der Waals surface area contributed by atoms with Gasteiger partial charge in [0.15, 0.2) is 0 Å². The molecule has 5 atom stereocenters. The summed E-state index contributed by atoms with van der Waals surface area (Å²) in [5, 5.41) is 26.1. The van der Waals surface area contributed by atoms with Crippen LogP contribution in [-0.4, -0.2) is 87.0 Å². The molecule has 5 N–H and O–H groups in total. The number of carbonyl (C=O) groups is 2. The van der Waals surface area contributed by atoms with Gasteiger partial charge in [-0.3, -0.25) is 14.5 Å². The lowest BCUT2D eigenvalue weighted by Gasteiger charge is -2.34. The Bertz CT molecular complexity index is 1380. The number of H-pyrrole nitrogens is 1. The van der Waals surface area contributed by atoms with Crippen LogP contribution in [0, 0.1) is 0 Å². The van der Waals surface area contributed by atoms with Crippen molar-refractivity contribution in [2.45, 2.75) is 69.2 Å². The molecule has 11 heteroatoms. The second-order valence-electron chi connectivity index (χ2n) is 11.3. The predicted molar refractivity (Wildman–Crippen MR) is 153 cm³/mol. The van der Waals surface area contributed by atoms with E-state index in [-0.39, 0.29) is 37.1 Å². The summed E-state index contributed by atoms with van der Waals surface area (Å²) in [5.41, 5.74) is 3.94. The highest BCUT2D eigenvalue weighted by Gasteiger charge is 2.39. The van der Waals surface area contributed by atoms with Gasteiger partial charge in [0.25, 0.3) is 5.91 Å². The maximum atomic E-state index is 13.6. The Labute approximate surface area is 244 Å². The van der Waals surface area contributed by atoms with Gasteiger partial charge in [-0.1, -0.05) is 30.3 Å². The van der Waals surface area contributed by atoms with E-state index in [1.807, 2.05) is 41.3 Å². The topological polar surface area (TPSA) is 149 Å². The van der Waals surface area contributed by atoms with Gasteiger partial charge >= 0.3 is 0 Å². The van der Waals surface area contributed by atoms with Crippen LogP contribution in [0.1, 0.15) is 47.3 Å². The van der Waals surface area contributed by atoms with Crippen molar-refractivity contribution < 1.29 is 29.3 Å². The van der Waals surface area contributed by atoms with Crippen LogP contribution in [0.25, 0.3) is 11.1 Å². The Morgan fingerprint density at radius 1 is 1.05 bits per heavy atom. The number of imidazole rings is 1. The molecule has 1 aromatic heterocycles. The summed E-state index contributed by atoms with van der Waals surface area (Å²) in [5.74, 6) is 0.0538. The molecule has 4 heterocycles. The Kier molecular flexibility index (Phi) is 8.52. The van der Waals surface area contributed by atoms with Crippen molar-refractivity contribution in [2.75, 3.05) is 19.7 Å². The average Bonchev–Trinajstić information content (AvgIpc) is 3.66. The van der Waals surface area contributed by atoms with Gasteiger partial charge in [0.1, 0.15) is 11.9 Å². The van der Waals surface area contributed by atoms with Crippen molar-refractivity contribution >= 4 is 11.8 Å². The van der Waals surface area contributed by atoms with E-state index in [1.165, 1.54) is 0 Å². The second-order valence-corrected chi connectivity index (χ2v) is 11.3. The predicted octanol–water partition coefficient (Wildman–Crippen LogP) is 1.75. The molecule has 0 radical (unpaired) electrons. The quantitative estimate of drug-likeness (QED) is 0.316. The minimum atomic E-state index is -0.654. The highest BCUT2D eigenvalue weighted by atomic mass is 16.5. The van der Waals surface area contributed by atoms with Crippen molar-refractivity contribution in [2.24, 2.45) is 0 Å². The van der Waals surface area contributed by atoms with Crippen molar-refractivity contribution in [3.8, 4) is 16.9 Å². The molecular weight excluding hydrogens is 538 g/mol. The van der Waals surface area contributed by atoms with Crippen LogP contribution in [0.4, 0.5) is 0 Å². The third kappa shape index (κ3) is 6.34. The zero-order valence-electron chi connectivity index (χ0n) is 23.4. The summed E-state index contributed by atoms with van der Waals surface area (Å²) in [6.45, 7) is 1.48. The smallest absolute Gasteiger partial charge is 0.255 e. The molecule has 0 saturated carbocycles. The number of hydrogen-bond donors (Lipinski definition) is 5. The Morgan fingerprint density at radius 2 is 1.88 bits per heavy atom. The van der Waals surface area contributed by atoms with E-state index >= 15 is 0 Å². The summed E-state index contributed by atoms with van der Waals surface area (Å²) in [7, 11) is 0. The Morgan fingerprint density at radius 3 is 2.67 bits per heavy atom. The molecule has 3 aliphatic rings. The average molecular weight is 576 g/mol. The van der Waals surface area contributed by atoms with Crippen LogP contribution in [0.3, 0.4) is 0 Å². The normalized spacial score (nSPS) is 27.0. The number of likely N-dealkylation sites (tertiary alicyclic amines) is 1. The van der Waals surface area contributed by atoms with E-state index in [4.69, 9.17) is 9.47 Å². The number of ether oxygens (including phenoxy) is 2. The van der Waals surface area contributed by atoms with Gasteiger partial charge in [-0.05, 0) is 48.1 Å². The van der Waals surface area contributed by atoms with Crippen molar-refractivity contribution in [3.05, 3.63) is 71.8 Å². The van der Waals surface area contributed by atoms with Gasteiger partial charge in [-0.2, -0.15) is 0 Å². The molecule has 4 bridgehead atoms. The van der Waals surface area contributed by atoms with E-state index in [0.717, 1.165) is 22.4 Å². The number of aromatic nitrogens is 2. The molecular formula is C31H37N5O6. The third-order valence-corrected chi connectivity index (χ3v) is 8.42. The van der Waals surface area contributed by atoms with E-state index in [1.54, 1.807) is 18.6 Å². The van der Waals surface area contributed by atoms with Crippen LogP contribution in [-0.2, 0) is 22.7 Å². The maximum absolute atomic E-state index is 13.6. The zero-order valence-corrected chi connectivity index (χ0v) is 23.4. The van der Waals surface area contributed by atoms with E-state index < -0.39 is 18.2 Å². The fourth-order valence-electron chi connectivity index (χ4n) is 6.08. The number of rotatable bonds is 4. The zero-order chi connectivity index (χ0) is 29.1. The van der Waals surface area contributed by atoms with E-state index in [2.05, 4.69) is 20.6 Å². The fourth-order valence-corrected chi connectivity index (χ4v) is 6.08. The molecule has 0 unspecified atom stereocenters. The number of hydrogen-bond acceptors (Lipinski definition) is 8. The van der Waals surface area contributed by atoms with Crippen molar-refractivity contribution in [1.29, 1.82) is 0 Å². The minimum absolute atomic E-state index is 0.0299. The first-order valence-electron chi connectivity index (χ1n) is 14.6. The lowest BCUT2D eigenvalue weighted by atomic mass is 9.99. The van der Waals surface area contributed by atoms with Crippen LogP contribution in [0.2, 0.25) is 0 Å².